The standard InChI is InChI=1S/C9H6BrNOS2/c1-5(12)8-3-11-9(14-8)7-2-6(10)4-13-7/h2-4H,1H3. The lowest BCUT2D eigenvalue weighted by Gasteiger charge is -1.85. The van der Waals surface area contributed by atoms with Crippen molar-refractivity contribution < 1.29 is 4.79 Å². The Labute approximate surface area is 97.7 Å². The van der Waals surface area contributed by atoms with E-state index in [2.05, 4.69) is 20.9 Å². The van der Waals surface area contributed by atoms with Crippen LogP contribution in [0.25, 0.3) is 9.88 Å². The minimum atomic E-state index is 0.0735. The van der Waals surface area contributed by atoms with Crippen LogP contribution < -0.4 is 0 Å². The fourth-order valence-electron chi connectivity index (χ4n) is 0.976. The van der Waals surface area contributed by atoms with Gasteiger partial charge in [0.2, 0.25) is 0 Å². The molecule has 0 N–H and O–H groups in total. The molecule has 14 heavy (non-hydrogen) atoms. The molecule has 2 aromatic rings. The Morgan fingerprint density at radius 2 is 2.36 bits per heavy atom. The van der Waals surface area contributed by atoms with E-state index in [0.717, 1.165) is 14.4 Å². The first-order valence-corrected chi connectivity index (χ1v) is 6.37. The average molecular weight is 288 g/mol. The van der Waals surface area contributed by atoms with E-state index in [1.165, 1.54) is 11.3 Å². The molecule has 2 rings (SSSR count). The van der Waals surface area contributed by atoms with Gasteiger partial charge in [-0.3, -0.25) is 4.79 Å². The molecule has 2 heterocycles. The zero-order valence-corrected chi connectivity index (χ0v) is 10.5. The van der Waals surface area contributed by atoms with Crippen molar-refractivity contribution in [1.29, 1.82) is 0 Å². The van der Waals surface area contributed by atoms with Gasteiger partial charge in [-0.1, -0.05) is 0 Å². The third-order valence-corrected chi connectivity index (χ3v) is 4.59. The van der Waals surface area contributed by atoms with Crippen LogP contribution in [0.4, 0.5) is 0 Å². The van der Waals surface area contributed by atoms with Crippen LogP contribution in [0, 0.1) is 0 Å². The molecule has 0 radical (unpaired) electrons. The van der Waals surface area contributed by atoms with Crippen LogP contribution in [-0.4, -0.2) is 10.8 Å². The Balaban J connectivity index is 2.38. The molecule has 0 aliphatic heterocycles. The Hall–Kier alpha value is -0.520. The highest BCUT2D eigenvalue weighted by molar-refractivity contribution is 9.10. The Bertz CT molecular complexity index is 475. The van der Waals surface area contributed by atoms with E-state index in [-0.39, 0.29) is 5.78 Å². The van der Waals surface area contributed by atoms with Crippen molar-refractivity contribution >= 4 is 44.4 Å². The van der Waals surface area contributed by atoms with Gasteiger partial charge in [-0.25, -0.2) is 4.98 Å². The summed E-state index contributed by atoms with van der Waals surface area (Å²) in [5, 5.41) is 2.91. The van der Waals surface area contributed by atoms with Gasteiger partial charge >= 0.3 is 0 Å². The molecule has 2 aromatic heterocycles. The molecule has 0 saturated heterocycles. The maximum absolute atomic E-state index is 11.1. The summed E-state index contributed by atoms with van der Waals surface area (Å²) in [5.74, 6) is 0.0735. The monoisotopic (exact) mass is 287 g/mol. The minimum Gasteiger partial charge on any atom is -0.294 e. The van der Waals surface area contributed by atoms with Crippen molar-refractivity contribution in [2.24, 2.45) is 0 Å². The van der Waals surface area contributed by atoms with Crippen molar-refractivity contribution in [2.75, 3.05) is 0 Å². The molecule has 0 saturated carbocycles. The van der Waals surface area contributed by atoms with Gasteiger partial charge in [-0.05, 0) is 22.0 Å². The first-order valence-electron chi connectivity index (χ1n) is 3.88. The Morgan fingerprint density at radius 3 is 2.86 bits per heavy atom. The number of nitrogens with zero attached hydrogens (tertiary/aromatic N) is 1. The first-order chi connectivity index (χ1) is 6.66. The molecule has 0 aromatic carbocycles. The van der Waals surface area contributed by atoms with Crippen LogP contribution in [-0.2, 0) is 0 Å². The van der Waals surface area contributed by atoms with E-state index < -0.39 is 0 Å². The SMILES string of the molecule is CC(=O)c1cnc(-c2cc(Br)cs2)s1. The van der Waals surface area contributed by atoms with Crippen LogP contribution in [0.5, 0.6) is 0 Å². The summed E-state index contributed by atoms with van der Waals surface area (Å²) in [4.78, 5) is 17.1. The lowest BCUT2D eigenvalue weighted by Crippen LogP contribution is -1.83. The summed E-state index contributed by atoms with van der Waals surface area (Å²) in [5.41, 5.74) is 0. The third kappa shape index (κ3) is 1.94. The summed E-state index contributed by atoms with van der Waals surface area (Å²) < 4.78 is 1.05. The van der Waals surface area contributed by atoms with Crippen LogP contribution in [0.15, 0.2) is 22.1 Å². The molecule has 0 aliphatic rings. The molecule has 2 nitrogen and oxygen atoms in total. The van der Waals surface area contributed by atoms with Crippen LogP contribution in [0.1, 0.15) is 16.6 Å². The summed E-state index contributed by atoms with van der Waals surface area (Å²) in [6.45, 7) is 1.56. The van der Waals surface area contributed by atoms with Crippen molar-refractivity contribution in [3.8, 4) is 9.88 Å². The summed E-state index contributed by atoms with van der Waals surface area (Å²) in [6.07, 6.45) is 1.63. The predicted molar refractivity (Wildman–Crippen MR) is 63.1 cm³/mol. The van der Waals surface area contributed by atoms with Gasteiger partial charge in [-0.2, -0.15) is 0 Å². The molecular formula is C9H6BrNOS2. The highest BCUT2D eigenvalue weighted by Gasteiger charge is 2.09. The fraction of sp³-hybridized carbons (Fsp3) is 0.111. The number of hydrogen-bond acceptors (Lipinski definition) is 4. The molecular weight excluding hydrogens is 282 g/mol. The van der Waals surface area contributed by atoms with E-state index in [0.29, 0.717) is 4.88 Å². The number of thiazole rings is 1. The number of halogens is 1. The second-order valence-electron chi connectivity index (χ2n) is 2.72. The van der Waals surface area contributed by atoms with E-state index >= 15 is 0 Å². The number of carbonyl (C=O) groups excluding carboxylic acids is 1. The highest BCUT2D eigenvalue weighted by atomic mass is 79.9. The first kappa shape index (κ1) is 10.0. The number of thiophene rings is 1. The zero-order valence-electron chi connectivity index (χ0n) is 7.28. The smallest absolute Gasteiger partial charge is 0.171 e. The number of aromatic nitrogens is 1. The second kappa shape index (κ2) is 3.92. The maximum Gasteiger partial charge on any atom is 0.171 e. The van der Waals surface area contributed by atoms with Crippen molar-refractivity contribution in [2.45, 2.75) is 6.92 Å². The molecule has 0 atom stereocenters. The fourth-order valence-corrected chi connectivity index (χ4v) is 3.28. The Kier molecular flexibility index (Phi) is 2.80. The van der Waals surface area contributed by atoms with Gasteiger partial charge in [0.25, 0.3) is 0 Å². The summed E-state index contributed by atoms with van der Waals surface area (Å²) in [7, 11) is 0. The van der Waals surface area contributed by atoms with E-state index in [9.17, 15) is 4.79 Å². The maximum atomic E-state index is 11.1. The van der Waals surface area contributed by atoms with Crippen LogP contribution in [0.3, 0.4) is 0 Å². The normalized spacial score (nSPS) is 10.4. The Morgan fingerprint density at radius 1 is 1.57 bits per heavy atom. The lowest BCUT2D eigenvalue weighted by molar-refractivity contribution is 0.102. The molecule has 72 valence electrons. The summed E-state index contributed by atoms with van der Waals surface area (Å²) in [6, 6.07) is 2.01. The molecule has 0 aliphatic carbocycles. The van der Waals surface area contributed by atoms with Gasteiger partial charge in [0.05, 0.1) is 9.75 Å². The largest absolute Gasteiger partial charge is 0.294 e. The predicted octanol–water partition coefficient (Wildman–Crippen LogP) is 3.84. The van der Waals surface area contributed by atoms with Crippen molar-refractivity contribution in [3.05, 3.63) is 27.0 Å². The molecule has 0 unspecified atom stereocenters. The summed E-state index contributed by atoms with van der Waals surface area (Å²) >= 11 is 6.44. The van der Waals surface area contributed by atoms with E-state index in [1.807, 2.05) is 11.4 Å². The highest BCUT2D eigenvalue weighted by Crippen LogP contribution is 2.32. The van der Waals surface area contributed by atoms with Crippen molar-refractivity contribution in [3.63, 3.8) is 0 Å². The van der Waals surface area contributed by atoms with Gasteiger partial charge in [0.15, 0.2) is 5.78 Å². The molecule has 0 bridgehead atoms. The van der Waals surface area contributed by atoms with Crippen LogP contribution in [0.2, 0.25) is 0 Å². The quantitative estimate of drug-likeness (QED) is 0.786. The molecule has 0 fully saturated rings. The third-order valence-electron chi connectivity index (χ3n) is 1.63. The van der Waals surface area contributed by atoms with Gasteiger partial charge in [0.1, 0.15) is 5.01 Å². The minimum absolute atomic E-state index is 0.0735. The van der Waals surface area contributed by atoms with Crippen molar-refractivity contribution in [1.82, 2.24) is 4.98 Å². The van der Waals surface area contributed by atoms with E-state index in [1.54, 1.807) is 24.5 Å². The average Bonchev–Trinajstić information content (AvgIpc) is 2.70. The zero-order chi connectivity index (χ0) is 10.1. The number of rotatable bonds is 2. The number of carbonyl (C=O) groups is 1. The van der Waals surface area contributed by atoms with Gasteiger partial charge < -0.3 is 0 Å². The second-order valence-corrected chi connectivity index (χ2v) is 5.57. The topological polar surface area (TPSA) is 30.0 Å². The lowest BCUT2D eigenvalue weighted by atomic mass is 10.4. The number of Topliss-reactive ketones (excluding diaryl/α,β-unsaturated/α-hetero) is 1. The molecule has 0 amide bonds. The van der Waals surface area contributed by atoms with Gasteiger partial charge in [0, 0.05) is 23.0 Å². The molecule has 0 spiro atoms. The number of ketones is 1. The van der Waals surface area contributed by atoms with E-state index in [4.69, 9.17) is 0 Å². The number of hydrogen-bond donors (Lipinski definition) is 0. The van der Waals surface area contributed by atoms with Crippen LogP contribution >= 0.6 is 38.6 Å². The molecule has 5 heteroatoms. The van der Waals surface area contributed by atoms with Gasteiger partial charge in [-0.15, -0.1) is 22.7 Å².